The Morgan fingerprint density at radius 1 is 1.30 bits per heavy atom. The molecule has 120 valence electrons. The van der Waals surface area contributed by atoms with Crippen LogP contribution in [0.15, 0.2) is 4.99 Å². The molecule has 0 radical (unpaired) electrons. The Balaban J connectivity index is 0.00000361. The molecule has 1 aliphatic heterocycles. The molecule has 5 nitrogen and oxygen atoms in total. The number of unbranched alkanes of at least 4 members (excludes halogenated alkanes) is 1. The summed E-state index contributed by atoms with van der Waals surface area (Å²) < 4.78 is 11.1. The third-order valence-electron chi connectivity index (χ3n) is 3.14. The summed E-state index contributed by atoms with van der Waals surface area (Å²) in [6.45, 7) is 6.49. The van der Waals surface area contributed by atoms with E-state index in [0.29, 0.717) is 6.10 Å². The van der Waals surface area contributed by atoms with Crippen molar-refractivity contribution >= 4 is 29.9 Å². The van der Waals surface area contributed by atoms with Crippen molar-refractivity contribution in [2.45, 2.75) is 45.1 Å². The Morgan fingerprint density at radius 2 is 2.10 bits per heavy atom. The number of nitrogens with one attached hydrogen (secondary N) is 2. The first-order valence-corrected chi connectivity index (χ1v) is 7.50. The highest BCUT2D eigenvalue weighted by atomic mass is 127. The maximum atomic E-state index is 5.56. The first-order valence-electron chi connectivity index (χ1n) is 7.50. The lowest BCUT2D eigenvalue weighted by molar-refractivity contribution is 0.113. The summed E-state index contributed by atoms with van der Waals surface area (Å²) in [6.07, 6.45) is 6.01. The molecule has 1 unspecified atom stereocenters. The normalized spacial score (nSPS) is 18.7. The monoisotopic (exact) mass is 399 g/mol. The molecule has 1 heterocycles. The summed E-state index contributed by atoms with van der Waals surface area (Å²) in [7, 11) is 1.79. The van der Waals surface area contributed by atoms with Crippen molar-refractivity contribution in [1.82, 2.24) is 10.6 Å². The first kappa shape index (κ1) is 19.9. The fourth-order valence-electron chi connectivity index (χ4n) is 1.97. The lowest BCUT2D eigenvalue weighted by atomic mass is 10.2. The van der Waals surface area contributed by atoms with E-state index in [9.17, 15) is 0 Å². The lowest BCUT2D eigenvalue weighted by Gasteiger charge is -2.15. The van der Waals surface area contributed by atoms with E-state index in [2.05, 4.69) is 22.5 Å². The molecule has 1 fully saturated rings. The van der Waals surface area contributed by atoms with Crippen molar-refractivity contribution in [2.24, 2.45) is 4.99 Å². The molecule has 0 aromatic rings. The average Bonchev–Trinajstić information content (AvgIpc) is 2.94. The molecule has 1 rings (SSSR count). The maximum absolute atomic E-state index is 5.56. The maximum Gasteiger partial charge on any atom is 0.191 e. The topological polar surface area (TPSA) is 54.9 Å². The van der Waals surface area contributed by atoms with E-state index in [1.165, 1.54) is 12.8 Å². The Labute approximate surface area is 140 Å². The van der Waals surface area contributed by atoms with Gasteiger partial charge in [0.05, 0.1) is 6.10 Å². The van der Waals surface area contributed by atoms with Gasteiger partial charge in [0, 0.05) is 40.0 Å². The minimum atomic E-state index is 0. The van der Waals surface area contributed by atoms with Crippen LogP contribution in [0.1, 0.15) is 39.0 Å². The van der Waals surface area contributed by atoms with Crippen LogP contribution in [-0.2, 0) is 9.47 Å². The molecular formula is C14H30IN3O2. The minimum Gasteiger partial charge on any atom is -0.381 e. The van der Waals surface area contributed by atoms with Crippen LogP contribution in [0, 0.1) is 0 Å². The van der Waals surface area contributed by atoms with Crippen LogP contribution < -0.4 is 10.6 Å². The summed E-state index contributed by atoms with van der Waals surface area (Å²) in [5, 5.41) is 6.58. The number of ether oxygens (including phenoxy) is 2. The molecule has 0 aromatic carbocycles. The highest BCUT2D eigenvalue weighted by molar-refractivity contribution is 14.0. The number of aliphatic imine (C=N–C) groups is 1. The van der Waals surface area contributed by atoms with E-state index in [1.54, 1.807) is 7.05 Å². The van der Waals surface area contributed by atoms with Crippen LogP contribution in [0.25, 0.3) is 0 Å². The predicted molar refractivity (Wildman–Crippen MR) is 94.1 cm³/mol. The van der Waals surface area contributed by atoms with Gasteiger partial charge in [0.1, 0.15) is 0 Å². The Morgan fingerprint density at radius 3 is 2.75 bits per heavy atom. The predicted octanol–water partition coefficient (Wildman–Crippen LogP) is 2.16. The van der Waals surface area contributed by atoms with Crippen molar-refractivity contribution in [2.75, 3.05) is 40.0 Å². The van der Waals surface area contributed by atoms with Gasteiger partial charge in [-0.3, -0.25) is 4.99 Å². The molecule has 2 N–H and O–H groups in total. The zero-order valence-electron chi connectivity index (χ0n) is 12.8. The molecule has 0 spiro atoms. The number of rotatable bonds is 9. The van der Waals surface area contributed by atoms with Crippen LogP contribution in [0.4, 0.5) is 0 Å². The SMILES string of the molecule is CCCCOCCCNC(=NC)NCC1CCCO1.I. The smallest absolute Gasteiger partial charge is 0.191 e. The third-order valence-corrected chi connectivity index (χ3v) is 3.14. The van der Waals surface area contributed by atoms with Gasteiger partial charge in [0.15, 0.2) is 5.96 Å². The van der Waals surface area contributed by atoms with Gasteiger partial charge in [-0.2, -0.15) is 0 Å². The van der Waals surface area contributed by atoms with Crippen molar-refractivity contribution in [3.63, 3.8) is 0 Å². The fourth-order valence-corrected chi connectivity index (χ4v) is 1.97. The second-order valence-corrected chi connectivity index (χ2v) is 4.83. The van der Waals surface area contributed by atoms with Crippen LogP contribution >= 0.6 is 24.0 Å². The lowest BCUT2D eigenvalue weighted by Crippen LogP contribution is -2.41. The Kier molecular flexibility index (Phi) is 13.8. The summed E-state index contributed by atoms with van der Waals surface area (Å²) in [4.78, 5) is 4.19. The van der Waals surface area contributed by atoms with E-state index in [1.807, 2.05) is 0 Å². The van der Waals surface area contributed by atoms with Crippen LogP contribution in [0.3, 0.4) is 0 Å². The number of hydrogen-bond donors (Lipinski definition) is 2. The van der Waals surface area contributed by atoms with Crippen molar-refractivity contribution in [3.8, 4) is 0 Å². The van der Waals surface area contributed by atoms with Gasteiger partial charge < -0.3 is 20.1 Å². The second-order valence-electron chi connectivity index (χ2n) is 4.83. The fraction of sp³-hybridized carbons (Fsp3) is 0.929. The zero-order chi connectivity index (χ0) is 13.8. The molecule has 0 amide bonds. The van der Waals surface area contributed by atoms with Gasteiger partial charge in [-0.1, -0.05) is 13.3 Å². The number of halogens is 1. The van der Waals surface area contributed by atoms with Gasteiger partial charge >= 0.3 is 0 Å². The first-order chi connectivity index (χ1) is 9.36. The van der Waals surface area contributed by atoms with E-state index in [4.69, 9.17) is 9.47 Å². The molecule has 20 heavy (non-hydrogen) atoms. The third kappa shape index (κ3) is 9.77. The Bertz CT molecular complexity index is 247. The van der Waals surface area contributed by atoms with Gasteiger partial charge in [-0.25, -0.2) is 0 Å². The van der Waals surface area contributed by atoms with Gasteiger partial charge in [-0.15, -0.1) is 24.0 Å². The van der Waals surface area contributed by atoms with Gasteiger partial charge in [0.25, 0.3) is 0 Å². The largest absolute Gasteiger partial charge is 0.381 e. The van der Waals surface area contributed by atoms with Crippen LogP contribution in [0.2, 0.25) is 0 Å². The quantitative estimate of drug-likeness (QED) is 0.270. The summed E-state index contributed by atoms with van der Waals surface area (Å²) in [6, 6.07) is 0. The number of nitrogens with zero attached hydrogens (tertiary/aromatic N) is 1. The molecular weight excluding hydrogens is 369 g/mol. The average molecular weight is 399 g/mol. The highest BCUT2D eigenvalue weighted by Crippen LogP contribution is 2.10. The molecule has 1 saturated heterocycles. The number of guanidine groups is 1. The molecule has 1 aliphatic rings. The van der Waals surface area contributed by atoms with Crippen LogP contribution in [0.5, 0.6) is 0 Å². The molecule has 6 heteroatoms. The summed E-state index contributed by atoms with van der Waals surface area (Å²) in [5.41, 5.74) is 0. The molecule has 0 aromatic heterocycles. The van der Waals surface area contributed by atoms with E-state index >= 15 is 0 Å². The molecule has 1 atom stereocenters. The van der Waals surface area contributed by atoms with E-state index in [0.717, 1.165) is 58.1 Å². The van der Waals surface area contributed by atoms with Crippen molar-refractivity contribution in [1.29, 1.82) is 0 Å². The Hall–Kier alpha value is -0.0800. The van der Waals surface area contributed by atoms with Crippen molar-refractivity contribution < 1.29 is 9.47 Å². The summed E-state index contributed by atoms with van der Waals surface area (Å²) >= 11 is 0. The molecule has 0 bridgehead atoms. The van der Waals surface area contributed by atoms with E-state index in [-0.39, 0.29) is 24.0 Å². The highest BCUT2D eigenvalue weighted by Gasteiger charge is 2.15. The second kappa shape index (κ2) is 13.9. The molecule has 0 aliphatic carbocycles. The number of hydrogen-bond acceptors (Lipinski definition) is 3. The minimum absolute atomic E-state index is 0. The van der Waals surface area contributed by atoms with Crippen molar-refractivity contribution in [3.05, 3.63) is 0 Å². The van der Waals surface area contributed by atoms with Gasteiger partial charge in [-0.05, 0) is 25.7 Å². The zero-order valence-corrected chi connectivity index (χ0v) is 15.2. The summed E-state index contributed by atoms with van der Waals surface area (Å²) in [5.74, 6) is 0.851. The van der Waals surface area contributed by atoms with Crippen LogP contribution in [-0.4, -0.2) is 52.0 Å². The molecule has 0 saturated carbocycles. The standard InChI is InChI=1S/C14H29N3O2.HI/c1-3-4-9-18-10-6-8-16-14(15-2)17-12-13-7-5-11-19-13;/h13H,3-12H2,1-2H3,(H2,15,16,17);1H. The van der Waals surface area contributed by atoms with E-state index < -0.39 is 0 Å². The van der Waals surface area contributed by atoms with Gasteiger partial charge in [0.2, 0.25) is 0 Å².